The molecule has 2 aromatic rings. The van der Waals surface area contributed by atoms with Gasteiger partial charge in [-0.1, -0.05) is 17.7 Å². The van der Waals surface area contributed by atoms with Crippen molar-refractivity contribution >= 4 is 5.91 Å². The molecular formula is C17H21N3O2. The zero-order valence-corrected chi connectivity index (χ0v) is 13.0. The number of carbonyl (C=O) groups is 1. The molecule has 1 saturated carbocycles. The van der Waals surface area contributed by atoms with E-state index in [1.54, 1.807) is 10.7 Å². The van der Waals surface area contributed by atoms with E-state index in [0.29, 0.717) is 12.2 Å². The van der Waals surface area contributed by atoms with Crippen molar-refractivity contribution < 1.29 is 9.90 Å². The average Bonchev–Trinajstić information content (AvgIpc) is 3.21. The SMILES string of the molecule is Cc1ccc(-n2nc(C(=O)NCC3(CO)CC3)cc2C)cc1. The van der Waals surface area contributed by atoms with Crippen LogP contribution in [0.15, 0.2) is 30.3 Å². The van der Waals surface area contributed by atoms with Crippen LogP contribution in [-0.2, 0) is 0 Å². The summed E-state index contributed by atoms with van der Waals surface area (Å²) in [5.41, 5.74) is 3.36. The molecule has 0 bridgehead atoms. The number of aliphatic hydroxyl groups is 1. The molecule has 1 heterocycles. The number of amides is 1. The third-order valence-electron chi connectivity index (χ3n) is 4.32. The molecule has 2 N–H and O–H groups in total. The zero-order valence-electron chi connectivity index (χ0n) is 13.0. The Morgan fingerprint density at radius 1 is 1.32 bits per heavy atom. The summed E-state index contributed by atoms with van der Waals surface area (Å²) >= 11 is 0. The number of hydrogen-bond donors (Lipinski definition) is 2. The zero-order chi connectivity index (χ0) is 15.7. The van der Waals surface area contributed by atoms with Crippen LogP contribution in [0.3, 0.4) is 0 Å². The molecule has 0 saturated heterocycles. The van der Waals surface area contributed by atoms with E-state index in [0.717, 1.165) is 24.2 Å². The summed E-state index contributed by atoms with van der Waals surface area (Å²) in [6, 6.07) is 9.81. The van der Waals surface area contributed by atoms with Gasteiger partial charge in [0.1, 0.15) is 0 Å². The van der Waals surface area contributed by atoms with Crippen molar-refractivity contribution in [1.82, 2.24) is 15.1 Å². The number of rotatable bonds is 5. The highest BCUT2D eigenvalue weighted by molar-refractivity contribution is 5.92. The number of aromatic nitrogens is 2. The van der Waals surface area contributed by atoms with E-state index >= 15 is 0 Å². The van der Waals surface area contributed by atoms with Crippen molar-refractivity contribution in [2.45, 2.75) is 26.7 Å². The summed E-state index contributed by atoms with van der Waals surface area (Å²) in [4.78, 5) is 12.2. The van der Waals surface area contributed by atoms with Crippen molar-refractivity contribution in [3.8, 4) is 5.69 Å². The number of nitrogens with zero attached hydrogens (tertiary/aromatic N) is 2. The van der Waals surface area contributed by atoms with Gasteiger partial charge in [0.25, 0.3) is 5.91 Å². The lowest BCUT2D eigenvalue weighted by Crippen LogP contribution is -2.32. The van der Waals surface area contributed by atoms with Gasteiger partial charge in [0.05, 0.1) is 12.3 Å². The van der Waals surface area contributed by atoms with Crippen molar-refractivity contribution in [3.63, 3.8) is 0 Å². The number of nitrogens with one attached hydrogen (secondary N) is 1. The highest BCUT2D eigenvalue weighted by Gasteiger charge is 2.42. The van der Waals surface area contributed by atoms with Crippen LogP contribution in [0.1, 0.15) is 34.6 Å². The lowest BCUT2D eigenvalue weighted by molar-refractivity contribution is 0.0930. The predicted octanol–water partition coefficient (Wildman–Crippen LogP) is 1.99. The molecule has 0 aliphatic heterocycles. The first kappa shape index (κ1) is 14.8. The van der Waals surface area contributed by atoms with E-state index < -0.39 is 0 Å². The minimum atomic E-state index is -0.186. The fourth-order valence-corrected chi connectivity index (χ4v) is 2.46. The first-order valence-electron chi connectivity index (χ1n) is 7.56. The van der Waals surface area contributed by atoms with Crippen LogP contribution < -0.4 is 5.32 Å². The highest BCUT2D eigenvalue weighted by atomic mass is 16.3. The normalized spacial score (nSPS) is 15.6. The molecule has 5 nitrogen and oxygen atoms in total. The second kappa shape index (κ2) is 5.57. The van der Waals surface area contributed by atoms with Crippen molar-refractivity contribution in [2.75, 3.05) is 13.2 Å². The molecule has 1 fully saturated rings. The van der Waals surface area contributed by atoms with Gasteiger partial charge >= 0.3 is 0 Å². The van der Waals surface area contributed by atoms with Gasteiger partial charge in [-0.3, -0.25) is 4.79 Å². The molecule has 3 rings (SSSR count). The molecule has 116 valence electrons. The standard InChI is InChI=1S/C17H21N3O2/c1-12-3-5-14(6-4-12)20-13(2)9-15(19-20)16(22)18-10-17(11-21)7-8-17/h3-6,9,21H,7-8,10-11H2,1-2H3,(H,18,22). The van der Waals surface area contributed by atoms with Gasteiger partial charge in [-0.2, -0.15) is 5.10 Å². The number of carbonyl (C=O) groups excluding carboxylic acids is 1. The highest BCUT2D eigenvalue weighted by Crippen LogP contribution is 2.44. The van der Waals surface area contributed by atoms with Crippen LogP contribution in [0.25, 0.3) is 5.69 Å². The van der Waals surface area contributed by atoms with Gasteiger partial charge in [0.15, 0.2) is 5.69 Å². The maximum Gasteiger partial charge on any atom is 0.271 e. The summed E-state index contributed by atoms with van der Waals surface area (Å²) in [5, 5.41) is 16.6. The fraction of sp³-hybridized carbons (Fsp3) is 0.412. The summed E-state index contributed by atoms with van der Waals surface area (Å²) in [6.07, 6.45) is 1.95. The van der Waals surface area contributed by atoms with Gasteiger partial charge in [-0.25, -0.2) is 4.68 Å². The smallest absolute Gasteiger partial charge is 0.271 e. The number of aliphatic hydroxyl groups excluding tert-OH is 1. The quantitative estimate of drug-likeness (QED) is 0.887. The van der Waals surface area contributed by atoms with Crippen LogP contribution in [0.2, 0.25) is 0 Å². The molecule has 1 amide bonds. The third kappa shape index (κ3) is 2.90. The number of benzene rings is 1. The van der Waals surface area contributed by atoms with Crippen LogP contribution in [-0.4, -0.2) is 33.9 Å². The van der Waals surface area contributed by atoms with Crippen LogP contribution in [0.5, 0.6) is 0 Å². The van der Waals surface area contributed by atoms with E-state index in [1.165, 1.54) is 5.56 Å². The van der Waals surface area contributed by atoms with Gasteiger partial charge in [0.2, 0.25) is 0 Å². The third-order valence-corrected chi connectivity index (χ3v) is 4.32. The van der Waals surface area contributed by atoms with Crippen molar-refractivity contribution in [2.24, 2.45) is 5.41 Å². The van der Waals surface area contributed by atoms with E-state index in [1.807, 2.05) is 38.1 Å². The Morgan fingerprint density at radius 3 is 2.59 bits per heavy atom. The van der Waals surface area contributed by atoms with Crippen molar-refractivity contribution in [3.05, 3.63) is 47.3 Å². The Morgan fingerprint density at radius 2 is 2.00 bits per heavy atom. The molecule has 1 aromatic heterocycles. The van der Waals surface area contributed by atoms with Gasteiger partial charge < -0.3 is 10.4 Å². The van der Waals surface area contributed by atoms with E-state index in [4.69, 9.17) is 0 Å². The Labute approximate surface area is 130 Å². The molecule has 1 aliphatic carbocycles. The Balaban J connectivity index is 1.74. The molecular weight excluding hydrogens is 278 g/mol. The molecule has 5 heteroatoms. The second-order valence-corrected chi connectivity index (χ2v) is 6.26. The Bertz CT molecular complexity index is 684. The summed E-state index contributed by atoms with van der Waals surface area (Å²) in [5.74, 6) is -0.186. The summed E-state index contributed by atoms with van der Waals surface area (Å²) in [6.45, 7) is 4.61. The minimum Gasteiger partial charge on any atom is -0.396 e. The average molecular weight is 299 g/mol. The second-order valence-electron chi connectivity index (χ2n) is 6.26. The first-order valence-corrected chi connectivity index (χ1v) is 7.56. The van der Waals surface area contributed by atoms with Crippen LogP contribution >= 0.6 is 0 Å². The maximum atomic E-state index is 12.2. The number of aryl methyl sites for hydroxylation is 2. The maximum absolute atomic E-state index is 12.2. The van der Waals surface area contributed by atoms with Gasteiger partial charge in [0, 0.05) is 17.7 Å². The lowest BCUT2D eigenvalue weighted by Gasteiger charge is -2.11. The molecule has 0 unspecified atom stereocenters. The molecule has 22 heavy (non-hydrogen) atoms. The van der Waals surface area contributed by atoms with E-state index in [-0.39, 0.29) is 17.9 Å². The number of hydrogen-bond acceptors (Lipinski definition) is 3. The molecule has 0 spiro atoms. The Hall–Kier alpha value is -2.14. The van der Waals surface area contributed by atoms with E-state index in [2.05, 4.69) is 10.4 Å². The lowest BCUT2D eigenvalue weighted by atomic mass is 10.1. The Kier molecular flexibility index (Phi) is 3.74. The molecule has 0 atom stereocenters. The van der Waals surface area contributed by atoms with Crippen LogP contribution in [0, 0.1) is 19.3 Å². The van der Waals surface area contributed by atoms with E-state index in [9.17, 15) is 9.90 Å². The van der Waals surface area contributed by atoms with Gasteiger partial charge in [-0.05, 0) is 44.9 Å². The van der Waals surface area contributed by atoms with Crippen molar-refractivity contribution in [1.29, 1.82) is 0 Å². The fourth-order valence-electron chi connectivity index (χ4n) is 2.46. The summed E-state index contributed by atoms with van der Waals surface area (Å²) in [7, 11) is 0. The minimum absolute atomic E-state index is 0.0930. The largest absolute Gasteiger partial charge is 0.396 e. The summed E-state index contributed by atoms with van der Waals surface area (Å²) < 4.78 is 1.77. The molecule has 1 aliphatic rings. The molecule has 0 radical (unpaired) electrons. The first-order chi connectivity index (χ1) is 10.5. The predicted molar refractivity (Wildman–Crippen MR) is 84.1 cm³/mol. The van der Waals surface area contributed by atoms with Crippen LogP contribution in [0.4, 0.5) is 0 Å². The van der Waals surface area contributed by atoms with Gasteiger partial charge in [-0.15, -0.1) is 0 Å². The monoisotopic (exact) mass is 299 g/mol. The molecule has 1 aromatic carbocycles. The topological polar surface area (TPSA) is 67.2 Å².